The van der Waals surface area contributed by atoms with Crippen LogP contribution in [0.4, 0.5) is 11.4 Å². The second-order valence-electron chi connectivity index (χ2n) is 4.84. The standard InChI is InChI=1S/C15H14N2O6/c1-10-13(17(21)22)6-3-7-15(10)23-9-14(18)11-4-2-5-12(8-11)16(19)20/h2-8,14,18H,9H2,1H3. The zero-order chi connectivity index (χ0) is 17.0. The number of nitrogens with zero attached hydrogens (tertiary/aromatic N) is 2. The molecule has 2 rings (SSSR count). The Kier molecular flexibility index (Phi) is 4.87. The van der Waals surface area contributed by atoms with Gasteiger partial charge in [0.05, 0.1) is 15.4 Å². The summed E-state index contributed by atoms with van der Waals surface area (Å²) >= 11 is 0. The third kappa shape index (κ3) is 3.80. The van der Waals surface area contributed by atoms with Crippen LogP contribution in [0, 0.1) is 27.2 Å². The van der Waals surface area contributed by atoms with Gasteiger partial charge < -0.3 is 9.84 Å². The highest BCUT2D eigenvalue weighted by atomic mass is 16.6. The molecule has 23 heavy (non-hydrogen) atoms. The minimum atomic E-state index is -1.09. The first-order valence-electron chi connectivity index (χ1n) is 6.69. The summed E-state index contributed by atoms with van der Waals surface area (Å²) in [4.78, 5) is 20.5. The molecule has 2 aromatic rings. The van der Waals surface area contributed by atoms with Crippen LogP contribution in [0.1, 0.15) is 17.2 Å². The summed E-state index contributed by atoms with van der Waals surface area (Å²) in [6.07, 6.45) is -1.09. The molecule has 0 aliphatic carbocycles. The van der Waals surface area contributed by atoms with E-state index < -0.39 is 16.0 Å². The molecule has 0 aromatic heterocycles. The van der Waals surface area contributed by atoms with Crippen molar-refractivity contribution in [2.75, 3.05) is 6.61 Å². The number of aliphatic hydroxyl groups excluding tert-OH is 1. The normalized spacial score (nSPS) is 11.7. The van der Waals surface area contributed by atoms with Gasteiger partial charge in [0.1, 0.15) is 18.5 Å². The van der Waals surface area contributed by atoms with Crippen LogP contribution >= 0.6 is 0 Å². The predicted molar refractivity (Wildman–Crippen MR) is 81.4 cm³/mol. The van der Waals surface area contributed by atoms with Crippen LogP contribution in [0.5, 0.6) is 5.75 Å². The van der Waals surface area contributed by atoms with E-state index in [0.717, 1.165) is 0 Å². The second-order valence-corrected chi connectivity index (χ2v) is 4.84. The van der Waals surface area contributed by atoms with E-state index in [0.29, 0.717) is 11.1 Å². The average Bonchev–Trinajstić information content (AvgIpc) is 2.53. The van der Waals surface area contributed by atoms with Gasteiger partial charge in [-0.2, -0.15) is 0 Å². The first kappa shape index (κ1) is 16.4. The Balaban J connectivity index is 2.12. The van der Waals surface area contributed by atoms with Crippen molar-refractivity contribution in [1.82, 2.24) is 0 Å². The molecule has 0 bridgehead atoms. The Bertz CT molecular complexity index is 746. The van der Waals surface area contributed by atoms with Crippen LogP contribution in [0.25, 0.3) is 0 Å². The van der Waals surface area contributed by atoms with Crippen molar-refractivity contribution in [2.45, 2.75) is 13.0 Å². The number of aliphatic hydroxyl groups is 1. The highest BCUT2D eigenvalue weighted by Gasteiger charge is 2.17. The molecular formula is C15H14N2O6. The summed E-state index contributed by atoms with van der Waals surface area (Å²) in [6.45, 7) is 1.37. The van der Waals surface area contributed by atoms with E-state index in [2.05, 4.69) is 0 Å². The topological polar surface area (TPSA) is 116 Å². The Labute approximate surface area is 131 Å². The van der Waals surface area contributed by atoms with Crippen LogP contribution in [0.2, 0.25) is 0 Å². The minimum Gasteiger partial charge on any atom is -0.490 e. The lowest BCUT2D eigenvalue weighted by atomic mass is 10.1. The van der Waals surface area contributed by atoms with Crippen molar-refractivity contribution in [3.05, 3.63) is 73.8 Å². The third-order valence-electron chi connectivity index (χ3n) is 3.31. The van der Waals surface area contributed by atoms with E-state index in [1.807, 2.05) is 0 Å². The van der Waals surface area contributed by atoms with Gasteiger partial charge in [-0.05, 0) is 18.6 Å². The van der Waals surface area contributed by atoms with Gasteiger partial charge >= 0.3 is 0 Å². The molecule has 0 aliphatic heterocycles. The quantitative estimate of drug-likeness (QED) is 0.646. The van der Waals surface area contributed by atoms with Crippen molar-refractivity contribution in [3.8, 4) is 5.75 Å². The predicted octanol–water partition coefficient (Wildman–Crippen LogP) is 2.92. The lowest BCUT2D eigenvalue weighted by molar-refractivity contribution is -0.385. The zero-order valence-corrected chi connectivity index (χ0v) is 12.2. The summed E-state index contributed by atoms with van der Waals surface area (Å²) in [7, 11) is 0. The van der Waals surface area contributed by atoms with Crippen LogP contribution in [-0.4, -0.2) is 21.6 Å². The molecule has 1 N–H and O–H groups in total. The van der Waals surface area contributed by atoms with Crippen molar-refractivity contribution in [2.24, 2.45) is 0 Å². The fourth-order valence-electron chi connectivity index (χ4n) is 2.07. The number of hydrogen-bond donors (Lipinski definition) is 1. The van der Waals surface area contributed by atoms with E-state index in [-0.39, 0.29) is 23.7 Å². The van der Waals surface area contributed by atoms with Crippen LogP contribution in [0.15, 0.2) is 42.5 Å². The number of benzene rings is 2. The maximum Gasteiger partial charge on any atom is 0.276 e. The van der Waals surface area contributed by atoms with Crippen molar-refractivity contribution in [3.63, 3.8) is 0 Å². The molecule has 1 atom stereocenters. The van der Waals surface area contributed by atoms with E-state index in [1.54, 1.807) is 19.1 Å². The van der Waals surface area contributed by atoms with E-state index in [1.165, 1.54) is 30.3 Å². The van der Waals surface area contributed by atoms with Gasteiger partial charge in [0.2, 0.25) is 0 Å². The van der Waals surface area contributed by atoms with Gasteiger partial charge in [-0.15, -0.1) is 0 Å². The molecule has 1 unspecified atom stereocenters. The zero-order valence-electron chi connectivity index (χ0n) is 12.2. The highest BCUT2D eigenvalue weighted by molar-refractivity contribution is 5.48. The van der Waals surface area contributed by atoms with E-state index >= 15 is 0 Å². The first-order chi connectivity index (χ1) is 10.9. The summed E-state index contributed by atoms with van der Waals surface area (Å²) in [5.41, 5.74) is 0.478. The van der Waals surface area contributed by atoms with E-state index in [4.69, 9.17) is 4.74 Å². The maximum atomic E-state index is 10.9. The fraction of sp³-hybridized carbons (Fsp3) is 0.200. The summed E-state index contributed by atoms with van der Waals surface area (Å²) in [5, 5.41) is 31.7. The van der Waals surface area contributed by atoms with Gasteiger partial charge in [-0.3, -0.25) is 20.2 Å². The summed E-state index contributed by atoms with van der Waals surface area (Å²) < 4.78 is 5.42. The number of nitro groups is 2. The number of nitro benzene ring substituents is 2. The summed E-state index contributed by atoms with van der Waals surface area (Å²) in [5.74, 6) is 0.281. The van der Waals surface area contributed by atoms with E-state index in [9.17, 15) is 25.3 Å². The molecule has 0 heterocycles. The molecule has 8 heteroatoms. The molecule has 0 aliphatic rings. The maximum absolute atomic E-state index is 10.9. The van der Waals surface area contributed by atoms with Crippen LogP contribution in [-0.2, 0) is 0 Å². The van der Waals surface area contributed by atoms with Gasteiger partial charge in [-0.25, -0.2) is 0 Å². The first-order valence-corrected chi connectivity index (χ1v) is 6.69. The van der Waals surface area contributed by atoms with Gasteiger partial charge in [0.25, 0.3) is 11.4 Å². The van der Waals surface area contributed by atoms with Crippen molar-refractivity contribution < 1.29 is 19.7 Å². The van der Waals surface area contributed by atoms with Crippen LogP contribution in [0.3, 0.4) is 0 Å². The monoisotopic (exact) mass is 318 g/mol. The molecule has 0 saturated heterocycles. The lowest BCUT2D eigenvalue weighted by Gasteiger charge is -2.14. The SMILES string of the molecule is Cc1c(OCC(O)c2cccc([N+](=O)[O-])c2)cccc1[N+](=O)[O-]. The lowest BCUT2D eigenvalue weighted by Crippen LogP contribution is -2.10. The number of ether oxygens (including phenoxy) is 1. The Morgan fingerprint density at radius 3 is 2.48 bits per heavy atom. The van der Waals surface area contributed by atoms with Crippen molar-refractivity contribution >= 4 is 11.4 Å². The molecule has 0 amide bonds. The van der Waals surface area contributed by atoms with Gasteiger partial charge in [-0.1, -0.05) is 18.2 Å². The number of rotatable bonds is 6. The molecule has 0 fully saturated rings. The molecule has 0 saturated carbocycles. The molecule has 0 spiro atoms. The van der Waals surface area contributed by atoms with Gasteiger partial charge in [0.15, 0.2) is 0 Å². The highest BCUT2D eigenvalue weighted by Crippen LogP contribution is 2.28. The third-order valence-corrected chi connectivity index (χ3v) is 3.31. The Morgan fingerprint density at radius 1 is 1.13 bits per heavy atom. The van der Waals surface area contributed by atoms with Gasteiger partial charge in [0, 0.05) is 18.2 Å². The minimum absolute atomic E-state index is 0.0765. The Hall–Kier alpha value is -3.00. The largest absolute Gasteiger partial charge is 0.490 e. The summed E-state index contributed by atoms with van der Waals surface area (Å²) in [6, 6.07) is 9.99. The molecule has 0 radical (unpaired) electrons. The molecule has 120 valence electrons. The number of non-ortho nitro benzene ring substituents is 1. The smallest absolute Gasteiger partial charge is 0.276 e. The molecule has 2 aromatic carbocycles. The average molecular weight is 318 g/mol. The Morgan fingerprint density at radius 2 is 1.83 bits per heavy atom. The van der Waals surface area contributed by atoms with Crippen LogP contribution < -0.4 is 4.74 Å². The number of hydrogen-bond acceptors (Lipinski definition) is 6. The molecular weight excluding hydrogens is 304 g/mol. The second kappa shape index (κ2) is 6.84. The molecule has 8 nitrogen and oxygen atoms in total. The van der Waals surface area contributed by atoms with Crippen molar-refractivity contribution in [1.29, 1.82) is 0 Å². The fourth-order valence-corrected chi connectivity index (χ4v) is 2.07.